The van der Waals surface area contributed by atoms with Gasteiger partial charge in [0.1, 0.15) is 12.2 Å². The summed E-state index contributed by atoms with van der Waals surface area (Å²) in [5.74, 6) is -0.189. The summed E-state index contributed by atoms with van der Waals surface area (Å²) in [5, 5.41) is 0. The molecule has 0 atom stereocenters. The van der Waals surface area contributed by atoms with Gasteiger partial charge in [0.25, 0.3) is 0 Å². The van der Waals surface area contributed by atoms with Gasteiger partial charge in [0.05, 0.1) is 198 Å². The Hall–Kier alpha value is -1.98. The van der Waals surface area contributed by atoms with Crippen molar-refractivity contribution in [2.24, 2.45) is 11.5 Å². The number of hydrogen-bond acceptors (Lipinski definition) is 21. The maximum absolute atomic E-state index is 13.0. The van der Waals surface area contributed by atoms with Gasteiger partial charge in [0, 0.05) is 26.2 Å². The van der Waals surface area contributed by atoms with E-state index in [1.54, 1.807) is 25.7 Å². The second-order valence-electron chi connectivity index (χ2n) is 14.0. The van der Waals surface area contributed by atoms with Crippen molar-refractivity contribution in [1.82, 2.24) is 10.4 Å². The van der Waals surface area contributed by atoms with Crippen LogP contribution in [0, 0.1) is 0 Å². The maximum Gasteiger partial charge on any atom is 0.431 e. The monoisotopic (exact) mass is 937 g/mol. The third kappa shape index (κ3) is 51.0. The molecule has 0 spiro atoms. The van der Waals surface area contributed by atoms with Gasteiger partial charge in [-0.1, -0.05) is 0 Å². The van der Waals surface area contributed by atoms with Gasteiger partial charge in [-0.3, -0.25) is 9.63 Å². The lowest BCUT2D eigenvalue weighted by Crippen LogP contribution is -2.39. The quantitative estimate of drug-likeness (QED) is 0.0510. The van der Waals surface area contributed by atoms with E-state index in [4.69, 9.17) is 92.1 Å². The summed E-state index contributed by atoms with van der Waals surface area (Å²) in [6, 6.07) is 0. The third-order valence-electron chi connectivity index (χ3n) is 7.46. The number of ether oxygens (including phenoxy) is 16. The van der Waals surface area contributed by atoms with Crippen molar-refractivity contribution < 1.29 is 90.2 Å². The minimum Gasteiger partial charge on any atom is -0.442 e. The van der Waals surface area contributed by atoms with Crippen molar-refractivity contribution in [1.29, 1.82) is 0 Å². The Balaban J connectivity index is 4.07. The van der Waals surface area contributed by atoms with E-state index >= 15 is 0 Å². The van der Waals surface area contributed by atoms with Crippen molar-refractivity contribution in [2.75, 3.05) is 231 Å². The number of nitrogens with two attached hydrogens (primary N) is 2. The fraction of sp³-hybridized carbons (Fsp3) is 0.951. The number of hydrogen-bond donors (Lipinski definition) is 3. The molecule has 0 saturated carbocycles. The van der Waals surface area contributed by atoms with Crippen LogP contribution in [0.5, 0.6) is 0 Å². The van der Waals surface area contributed by atoms with Crippen molar-refractivity contribution >= 4 is 12.0 Å². The number of nitrogens with one attached hydrogen (secondary N) is 1. The molecule has 64 heavy (non-hydrogen) atoms. The average molecular weight is 937 g/mol. The summed E-state index contributed by atoms with van der Waals surface area (Å²) in [5.41, 5.74) is 12.3. The normalized spacial score (nSPS) is 11.7. The number of amides is 2. The molecular weight excluding hydrogens is 852 g/mol. The molecule has 0 aliphatic carbocycles. The number of nitrogens with zero attached hydrogens (tertiary/aromatic N) is 1. The summed E-state index contributed by atoms with van der Waals surface area (Å²) in [6.07, 6.45) is -0.656. The van der Waals surface area contributed by atoms with Crippen LogP contribution >= 0.6 is 0 Å². The fourth-order valence-electron chi connectivity index (χ4n) is 4.48. The Morgan fingerprint density at radius 2 is 0.625 bits per heavy atom. The largest absolute Gasteiger partial charge is 0.442 e. The topological polar surface area (TPSA) is 258 Å². The van der Waals surface area contributed by atoms with Crippen LogP contribution in [0.3, 0.4) is 0 Å². The molecule has 0 unspecified atom stereocenters. The molecule has 0 aliphatic heterocycles. The van der Waals surface area contributed by atoms with Crippen LogP contribution in [0.25, 0.3) is 0 Å². The lowest BCUT2D eigenvalue weighted by atomic mass is 10.2. The van der Waals surface area contributed by atoms with Gasteiger partial charge in [0.2, 0.25) is 5.91 Å². The van der Waals surface area contributed by atoms with Crippen LogP contribution in [0.15, 0.2) is 0 Å². The highest BCUT2D eigenvalue weighted by Crippen LogP contribution is 2.06. The molecule has 23 nitrogen and oxygen atoms in total. The van der Waals surface area contributed by atoms with Gasteiger partial charge in [-0.15, -0.1) is 0 Å². The van der Waals surface area contributed by atoms with Crippen LogP contribution in [-0.4, -0.2) is 253 Å². The first-order chi connectivity index (χ1) is 31.3. The van der Waals surface area contributed by atoms with E-state index in [2.05, 4.69) is 5.48 Å². The van der Waals surface area contributed by atoms with Crippen molar-refractivity contribution in [2.45, 2.75) is 26.4 Å². The van der Waals surface area contributed by atoms with Crippen molar-refractivity contribution in [3.05, 3.63) is 0 Å². The maximum atomic E-state index is 13.0. The molecule has 0 radical (unpaired) electrons. The standard InChI is InChI=1S/C41H84N4O19/c1-41(2,3)64-40(47)44-63-37-36-61-33-32-59-29-28-58-30-31-60-34-35-62-38-39(46)45(6-10-50-14-18-54-22-26-56-24-20-52-16-12-48-8-4-42)7-11-51-15-19-55-23-27-57-25-21-53-17-13-49-9-5-43/h4-38,42-43H2,1-3H3,(H,44,47). The van der Waals surface area contributed by atoms with E-state index in [-0.39, 0.29) is 32.3 Å². The molecule has 0 aromatic rings. The van der Waals surface area contributed by atoms with Crippen LogP contribution < -0.4 is 16.9 Å². The molecule has 2 amide bonds. The zero-order chi connectivity index (χ0) is 46.7. The second kappa shape index (κ2) is 50.4. The van der Waals surface area contributed by atoms with Gasteiger partial charge in [-0.05, 0) is 20.8 Å². The summed E-state index contributed by atoms with van der Waals surface area (Å²) >= 11 is 0. The fourth-order valence-corrected chi connectivity index (χ4v) is 4.48. The van der Waals surface area contributed by atoms with Crippen molar-refractivity contribution in [3.8, 4) is 0 Å². The van der Waals surface area contributed by atoms with Gasteiger partial charge in [0.15, 0.2) is 0 Å². The van der Waals surface area contributed by atoms with E-state index in [0.717, 1.165) is 0 Å². The summed E-state index contributed by atoms with van der Waals surface area (Å²) in [7, 11) is 0. The first-order valence-corrected chi connectivity index (χ1v) is 22.2. The van der Waals surface area contributed by atoms with Crippen LogP contribution in [0.2, 0.25) is 0 Å². The Labute approximate surface area is 381 Å². The van der Waals surface area contributed by atoms with Gasteiger partial charge >= 0.3 is 6.09 Å². The molecule has 0 aromatic carbocycles. The smallest absolute Gasteiger partial charge is 0.431 e. The highest BCUT2D eigenvalue weighted by atomic mass is 16.7. The number of hydroxylamine groups is 1. The van der Waals surface area contributed by atoms with Gasteiger partial charge in [-0.25, -0.2) is 4.79 Å². The number of rotatable bonds is 52. The molecule has 0 bridgehead atoms. The predicted molar refractivity (Wildman–Crippen MR) is 232 cm³/mol. The van der Waals surface area contributed by atoms with Gasteiger partial charge in [-0.2, -0.15) is 5.48 Å². The molecule has 0 aromatic heterocycles. The number of carbonyl (C=O) groups is 2. The zero-order valence-electron chi connectivity index (χ0n) is 39.1. The molecular formula is C41H84N4O19. The van der Waals surface area contributed by atoms with Gasteiger partial charge < -0.3 is 92.2 Å². The molecule has 0 rings (SSSR count). The molecule has 23 heteroatoms. The Bertz CT molecular complexity index is 941. The first-order valence-electron chi connectivity index (χ1n) is 22.2. The average Bonchev–Trinajstić information content (AvgIpc) is 3.26. The SMILES string of the molecule is CC(C)(C)OC(=O)NOCCOCCOCCOCCOCCOCC(=O)N(CCOCCOCCOCCOCCOCCN)CCOCCOCCOCCOCCOCCN. The van der Waals surface area contributed by atoms with Crippen LogP contribution in [0.4, 0.5) is 4.79 Å². The van der Waals surface area contributed by atoms with Crippen LogP contribution in [0.1, 0.15) is 20.8 Å². The van der Waals surface area contributed by atoms with E-state index < -0.39 is 11.7 Å². The van der Waals surface area contributed by atoms with E-state index in [9.17, 15) is 9.59 Å². The van der Waals surface area contributed by atoms with Crippen molar-refractivity contribution in [3.63, 3.8) is 0 Å². The lowest BCUT2D eigenvalue weighted by Gasteiger charge is -2.23. The minimum absolute atomic E-state index is 0.108. The Morgan fingerprint density at radius 1 is 0.375 bits per heavy atom. The molecule has 0 heterocycles. The van der Waals surface area contributed by atoms with E-state index in [0.29, 0.717) is 205 Å². The molecule has 0 saturated heterocycles. The van der Waals surface area contributed by atoms with E-state index in [1.165, 1.54) is 0 Å². The molecule has 5 N–H and O–H groups in total. The third-order valence-corrected chi connectivity index (χ3v) is 7.46. The summed E-state index contributed by atoms with van der Waals surface area (Å²) in [6.45, 7) is 19.1. The minimum atomic E-state index is -0.656. The Morgan fingerprint density at radius 3 is 0.906 bits per heavy atom. The molecule has 0 aliphatic rings. The Kier molecular flexibility index (Phi) is 48.9. The first kappa shape index (κ1) is 62.0. The zero-order valence-corrected chi connectivity index (χ0v) is 39.1. The summed E-state index contributed by atoms with van der Waals surface area (Å²) in [4.78, 5) is 31.1. The summed E-state index contributed by atoms with van der Waals surface area (Å²) < 4.78 is 87.3. The molecule has 382 valence electrons. The van der Waals surface area contributed by atoms with E-state index in [1.807, 2.05) is 0 Å². The lowest BCUT2D eigenvalue weighted by molar-refractivity contribution is -0.138. The van der Waals surface area contributed by atoms with Crippen LogP contribution in [-0.2, 0) is 85.4 Å². The highest BCUT2D eigenvalue weighted by Gasteiger charge is 2.16. The molecule has 0 fully saturated rings. The number of carbonyl (C=O) groups excluding carboxylic acids is 2. The second-order valence-corrected chi connectivity index (χ2v) is 14.0. The predicted octanol–water partition coefficient (Wildman–Crippen LogP) is -0.562. The highest BCUT2D eigenvalue weighted by molar-refractivity contribution is 5.77.